The quantitative estimate of drug-likeness (QED) is 0.839. The highest BCUT2D eigenvalue weighted by Gasteiger charge is 2.21. The third-order valence-electron chi connectivity index (χ3n) is 3.56. The number of nitrogens with one attached hydrogen (secondary N) is 1. The summed E-state index contributed by atoms with van der Waals surface area (Å²) < 4.78 is 0. The zero-order valence-electron chi connectivity index (χ0n) is 14.5. The molecule has 3 heteroatoms. The van der Waals surface area contributed by atoms with Gasteiger partial charge in [0.25, 0.3) is 0 Å². The molecule has 0 aromatic heterocycles. The number of carbonyl (C=O) groups is 1. The van der Waals surface area contributed by atoms with E-state index in [1.165, 1.54) is 0 Å². The summed E-state index contributed by atoms with van der Waals surface area (Å²) in [7, 11) is 0. The molecule has 2 aromatic carbocycles. The molecule has 0 saturated carbocycles. The van der Waals surface area contributed by atoms with E-state index in [9.17, 15) is 4.79 Å². The van der Waals surface area contributed by atoms with Crippen molar-refractivity contribution >= 4 is 11.7 Å². The Morgan fingerprint density at radius 1 is 1.00 bits per heavy atom. The van der Waals surface area contributed by atoms with Gasteiger partial charge in [0.2, 0.25) is 0 Å². The van der Waals surface area contributed by atoms with Crippen molar-refractivity contribution in [3.63, 3.8) is 0 Å². The Balaban J connectivity index is 2.15. The molecule has 0 atom stereocenters. The summed E-state index contributed by atoms with van der Waals surface area (Å²) in [5, 5.41) is 3.04. The highest BCUT2D eigenvalue weighted by Crippen LogP contribution is 2.20. The van der Waals surface area contributed by atoms with Gasteiger partial charge in [-0.2, -0.15) is 0 Å². The van der Waals surface area contributed by atoms with Crippen LogP contribution < -0.4 is 5.32 Å². The van der Waals surface area contributed by atoms with Crippen molar-refractivity contribution < 1.29 is 4.79 Å². The van der Waals surface area contributed by atoms with Crippen LogP contribution in [0.25, 0.3) is 0 Å². The van der Waals surface area contributed by atoms with Gasteiger partial charge in [-0.3, -0.25) is 0 Å². The monoisotopic (exact) mass is 310 g/mol. The highest BCUT2D eigenvalue weighted by atomic mass is 16.2. The molecule has 0 fully saturated rings. The average molecular weight is 310 g/mol. The van der Waals surface area contributed by atoms with Crippen molar-refractivity contribution in [3.05, 3.63) is 65.7 Å². The molecule has 0 radical (unpaired) electrons. The number of urea groups is 1. The fourth-order valence-corrected chi connectivity index (χ4v) is 2.48. The van der Waals surface area contributed by atoms with Crippen molar-refractivity contribution in [2.24, 2.45) is 5.41 Å². The summed E-state index contributed by atoms with van der Waals surface area (Å²) in [6, 6.07) is 17.9. The number of anilines is 1. The molecule has 0 aliphatic carbocycles. The topological polar surface area (TPSA) is 32.3 Å². The number of nitrogens with zero attached hydrogens (tertiary/aromatic N) is 1. The van der Waals surface area contributed by atoms with E-state index in [2.05, 4.69) is 38.2 Å². The van der Waals surface area contributed by atoms with Gasteiger partial charge in [-0.25, -0.2) is 4.79 Å². The Morgan fingerprint density at radius 3 is 2.22 bits per heavy atom. The number of rotatable bonds is 4. The minimum absolute atomic E-state index is 0.0395. The van der Waals surface area contributed by atoms with Gasteiger partial charge in [0, 0.05) is 18.8 Å². The first kappa shape index (κ1) is 17.1. The van der Waals surface area contributed by atoms with Crippen molar-refractivity contribution in [2.45, 2.75) is 34.2 Å². The minimum atomic E-state index is -0.0573. The van der Waals surface area contributed by atoms with E-state index in [1.807, 2.05) is 54.3 Å². The van der Waals surface area contributed by atoms with Crippen LogP contribution in [0.1, 0.15) is 31.9 Å². The Morgan fingerprint density at radius 2 is 1.61 bits per heavy atom. The zero-order chi connectivity index (χ0) is 16.9. The number of amides is 2. The van der Waals surface area contributed by atoms with Gasteiger partial charge in [0.05, 0.1) is 0 Å². The average Bonchev–Trinajstić information content (AvgIpc) is 2.48. The summed E-state index contributed by atoms with van der Waals surface area (Å²) in [5.41, 5.74) is 3.11. The fraction of sp³-hybridized carbons (Fsp3) is 0.350. The number of hydrogen-bond donors (Lipinski definition) is 1. The van der Waals surface area contributed by atoms with Crippen molar-refractivity contribution in [2.75, 3.05) is 11.9 Å². The van der Waals surface area contributed by atoms with Gasteiger partial charge in [-0.05, 0) is 29.5 Å². The Labute approximate surface area is 139 Å². The SMILES string of the molecule is Cc1ccccc1NC(=O)N(Cc1ccccc1)CC(C)(C)C. The maximum Gasteiger partial charge on any atom is 0.322 e. The normalized spacial score (nSPS) is 11.1. The Hall–Kier alpha value is -2.29. The molecular weight excluding hydrogens is 284 g/mol. The molecule has 0 bridgehead atoms. The Bertz CT molecular complexity index is 644. The van der Waals surface area contributed by atoms with Crippen LogP contribution in [0.4, 0.5) is 10.5 Å². The first-order chi connectivity index (χ1) is 10.8. The number of benzene rings is 2. The summed E-state index contributed by atoms with van der Waals surface area (Å²) in [5.74, 6) is 0. The predicted octanol–water partition coefficient (Wildman–Crippen LogP) is 5.08. The molecule has 2 rings (SSSR count). The van der Waals surface area contributed by atoms with Gasteiger partial charge in [0.1, 0.15) is 0 Å². The zero-order valence-corrected chi connectivity index (χ0v) is 14.5. The summed E-state index contributed by atoms with van der Waals surface area (Å²) >= 11 is 0. The van der Waals surface area contributed by atoms with E-state index in [1.54, 1.807) is 0 Å². The standard InChI is InChI=1S/C20H26N2O/c1-16-10-8-9-13-18(16)21-19(23)22(15-20(2,3)4)14-17-11-6-5-7-12-17/h5-13H,14-15H2,1-4H3,(H,21,23). The van der Waals surface area contributed by atoms with Crippen LogP contribution in [-0.2, 0) is 6.54 Å². The van der Waals surface area contributed by atoms with Gasteiger partial charge in [0.15, 0.2) is 0 Å². The molecule has 1 N–H and O–H groups in total. The number of carbonyl (C=O) groups excluding carboxylic acids is 1. The predicted molar refractivity (Wildman–Crippen MR) is 96.5 cm³/mol. The van der Waals surface area contributed by atoms with Crippen LogP contribution in [0.2, 0.25) is 0 Å². The number of para-hydroxylation sites is 1. The molecule has 2 aromatic rings. The molecule has 122 valence electrons. The molecular formula is C20H26N2O. The summed E-state index contributed by atoms with van der Waals surface area (Å²) in [6.07, 6.45) is 0. The molecule has 3 nitrogen and oxygen atoms in total. The second-order valence-electron chi connectivity index (χ2n) is 7.15. The first-order valence-electron chi connectivity index (χ1n) is 8.01. The van der Waals surface area contributed by atoms with Crippen LogP contribution in [0.3, 0.4) is 0 Å². The molecule has 0 aliphatic rings. The van der Waals surface area contributed by atoms with Gasteiger partial charge < -0.3 is 10.2 Å². The van der Waals surface area contributed by atoms with E-state index in [-0.39, 0.29) is 11.4 Å². The fourth-order valence-electron chi connectivity index (χ4n) is 2.48. The molecule has 0 aliphatic heterocycles. The maximum atomic E-state index is 12.8. The lowest BCUT2D eigenvalue weighted by molar-refractivity contribution is 0.182. The summed E-state index contributed by atoms with van der Waals surface area (Å²) in [6.45, 7) is 9.74. The molecule has 23 heavy (non-hydrogen) atoms. The second kappa shape index (κ2) is 7.32. The van der Waals surface area contributed by atoms with Gasteiger partial charge in [-0.15, -0.1) is 0 Å². The lowest BCUT2D eigenvalue weighted by Crippen LogP contribution is -2.40. The van der Waals surface area contributed by atoms with E-state index in [4.69, 9.17) is 0 Å². The van der Waals surface area contributed by atoms with E-state index in [0.29, 0.717) is 13.1 Å². The molecule has 0 heterocycles. The van der Waals surface area contributed by atoms with Crippen molar-refractivity contribution in [3.8, 4) is 0 Å². The maximum absolute atomic E-state index is 12.8. The van der Waals surface area contributed by atoms with Crippen molar-refractivity contribution in [1.82, 2.24) is 4.90 Å². The van der Waals surface area contributed by atoms with Crippen molar-refractivity contribution in [1.29, 1.82) is 0 Å². The molecule has 0 unspecified atom stereocenters. The van der Waals surface area contributed by atoms with Crippen LogP contribution in [0.5, 0.6) is 0 Å². The van der Waals surface area contributed by atoms with E-state index >= 15 is 0 Å². The van der Waals surface area contributed by atoms with Crippen LogP contribution in [0.15, 0.2) is 54.6 Å². The molecule has 0 saturated heterocycles. The smallest absolute Gasteiger partial charge is 0.320 e. The lowest BCUT2D eigenvalue weighted by atomic mass is 9.96. The largest absolute Gasteiger partial charge is 0.322 e. The van der Waals surface area contributed by atoms with Crippen LogP contribution >= 0.6 is 0 Å². The minimum Gasteiger partial charge on any atom is -0.320 e. The van der Waals surface area contributed by atoms with Gasteiger partial charge in [-0.1, -0.05) is 69.3 Å². The summed E-state index contributed by atoms with van der Waals surface area (Å²) in [4.78, 5) is 14.6. The van der Waals surface area contributed by atoms with Gasteiger partial charge >= 0.3 is 6.03 Å². The first-order valence-corrected chi connectivity index (χ1v) is 8.01. The van der Waals surface area contributed by atoms with E-state index in [0.717, 1.165) is 16.8 Å². The number of hydrogen-bond acceptors (Lipinski definition) is 1. The van der Waals surface area contributed by atoms with Crippen LogP contribution in [0, 0.1) is 12.3 Å². The van der Waals surface area contributed by atoms with Crippen LogP contribution in [-0.4, -0.2) is 17.5 Å². The molecule has 0 spiro atoms. The molecule has 2 amide bonds. The number of aryl methyl sites for hydroxylation is 1. The highest BCUT2D eigenvalue weighted by molar-refractivity contribution is 5.90. The third kappa shape index (κ3) is 5.44. The van der Waals surface area contributed by atoms with E-state index < -0.39 is 0 Å². The third-order valence-corrected chi connectivity index (χ3v) is 3.56. The second-order valence-corrected chi connectivity index (χ2v) is 7.15. The lowest BCUT2D eigenvalue weighted by Gasteiger charge is -2.30. The Kier molecular flexibility index (Phi) is 5.43.